The Morgan fingerprint density at radius 3 is 2.53 bits per heavy atom. The molecule has 0 radical (unpaired) electrons. The second-order valence-corrected chi connectivity index (χ2v) is 9.93. The Morgan fingerprint density at radius 1 is 0.974 bits per heavy atom. The van der Waals surface area contributed by atoms with Crippen LogP contribution in [0.4, 0.5) is 17.6 Å². The van der Waals surface area contributed by atoms with Crippen molar-refractivity contribution >= 4 is 10.9 Å². The molecule has 1 fully saturated rings. The highest BCUT2D eigenvalue weighted by Gasteiger charge is 2.35. The highest BCUT2D eigenvalue weighted by atomic mass is 19.4. The molecule has 1 saturated carbocycles. The Labute approximate surface area is 216 Å². The molecule has 8 heteroatoms. The maximum absolute atomic E-state index is 13.5. The summed E-state index contributed by atoms with van der Waals surface area (Å²) in [5.74, 6) is -0.0647. The number of alkyl halides is 3. The van der Waals surface area contributed by atoms with E-state index in [1.54, 1.807) is 0 Å². The number of nitrogens with zero attached hydrogens (tertiary/aromatic N) is 2. The third-order valence-electron chi connectivity index (χ3n) is 7.37. The van der Waals surface area contributed by atoms with Gasteiger partial charge in [-0.1, -0.05) is 54.8 Å². The first kappa shape index (κ1) is 24.4. The molecule has 0 saturated heterocycles. The summed E-state index contributed by atoms with van der Waals surface area (Å²) in [5, 5.41) is 5.04. The van der Waals surface area contributed by atoms with Crippen molar-refractivity contribution in [1.82, 2.24) is 10.1 Å². The lowest BCUT2D eigenvalue weighted by Gasteiger charge is -2.22. The second-order valence-electron chi connectivity index (χ2n) is 9.93. The van der Waals surface area contributed by atoms with Crippen molar-refractivity contribution in [2.75, 3.05) is 0 Å². The van der Waals surface area contributed by atoms with E-state index in [0.29, 0.717) is 17.7 Å². The van der Waals surface area contributed by atoms with Crippen molar-refractivity contribution in [3.05, 3.63) is 95.8 Å². The molecule has 3 aromatic heterocycles. The average molecular weight is 521 g/mol. The molecule has 0 atom stereocenters. The zero-order valence-corrected chi connectivity index (χ0v) is 20.6. The highest BCUT2D eigenvalue weighted by molar-refractivity contribution is 5.90. The van der Waals surface area contributed by atoms with E-state index < -0.39 is 17.6 Å². The third-order valence-corrected chi connectivity index (χ3v) is 7.37. The van der Waals surface area contributed by atoms with Gasteiger partial charge in [0.25, 0.3) is 0 Å². The number of benzene rings is 2. The van der Waals surface area contributed by atoms with Gasteiger partial charge in [0, 0.05) is 23.1 Å². The fourth-order valence-corrected chi connectivity index (χ4v) is 5.62. The van der Waals surface area contributed by atoms with Gasteiger partial charge in [-0.15, -0.1) is 0 Å². The first-order chi connectivity index (χ1) is 18.4. The van der Waals surface area contributed by atoms with Gasteiger partial charge in [0.2, 0.25) is 12.3 Å². The molecule has 4 nitrogen and oxygen atoms in total. The third kappa shape index (κ3) is 4.71. The number of halogens is 4. The zero-order valence-electron chi connectivity index (χ0n) is 20.6. The zero-order chi connectivity index (χ0) is 26.3. The fraction of sp³-hybridized carbons (Fsp3) is 0.267. The molecule has 0 spiro atoms. The van der Waals surface area contributed by atoms with E-state index in [0.717, 1.165) is 28.9 Å². The van der Waals surface area contributed by atoms with Gasteiger partial charge >= 0.3 is 6.18 Å². The van der Waals surface area contributed by atoms with Gasteiger partial charge in [-0.3, -0.25) is 0 Å². The number of rotatable bonds is 5. The van der Waals surface area contributed by atoms with E-state index in [1.165, 1.54) is 49.1 Å². The van der Waals surface area contributed by atoms with E-state index in [1.807, 2.05) is 35.2 Å². The molecule has 3 heterocycles. The van der Waals surface area contributed by atoms with Gasteiger partial charge in [0.05, 0.1) is 11.3 Å². The van der Waals surface area contributed by atoms with Gasteiger partial charge in [-0.05, 0) is 48.1 Å². The van der Waals surface area contributed by atoms with Crippen LogP contribution in [0, 0.1) is 5.82 Å². The molecular formula is C30H26F4N3O+. The van der Waals surface area contributed by atoms with Crippen LogP contribution in [0.3, 0.4) is 0 Å². The fourth-order valence-electron chi connectivity index (χ4n) is 5.62. The Hall–Kier alpha value is -3.94. The van der Waals surface area contributed by atoms with Crippen LogP contribution in [-0.2, 0) is 12.7 Å². The number of pyridine rings is 1. The Bertz CT molecular complexity index is 1580. The van der Waals surface area contributed by atoms with Crippen LogP contribution >= 0.6 is 0 Å². The van der Waals surface area contributed by atoms with Crippen molar-refractivity contribution in [1.29, 1.82) is 0 Å². The predicted molar refractivity (Wildman–Crippen MR) is 136 cm³/mol. The number of H-pyrrole nitrogens is 1. The molecule has 38 heavy (non-hydrogen) atoms. The van der Waals surface area contributed by atoms with E-state index >= 15 is 0 Å². The van der Waals surface area contributed by atoms with Gasteiger partial charge in [0.15, 0.2) is 12.4 Å². The number of hydrogen-bond donors (Lipinski definition) is 1. The molecule has 0 aliphatic heterocycles. The first-order valence-corrected chi connectivity index (χ1v) is 12.8. The summed E-state index contributed by atoms with van der Waals surface area (Å²) in [6, 6.07) is 16.4. The lowest BCUT2D eigenvalue weighted by Crippen LogP contribution is -2.32. The van der Waals surface area contributed by atoms with E-state index in [4.69, 9.17) is 4.52 Å². The smallest absolute Gasteiger partial charge is 0.354 e. The maximum atomic E-state index is 13.5. The largest absolute Gasteiger partial charge is 0.417 e. The van der Waals surface area contributed by atoms with E-state index in [9.17, 15) is 17.6 Å². The lowest BCUT2D eigenvalue weighted by molar-refractivity contribution is -0.688. The van der Waals surface area contributed by atoms with Crippen LogP contribution in [0.2, 0.25) is 0 Å². The van der Waals surface area contributed by atoms with Gasteiger partial charge in [0.1, 0.15) is 17.0 Å². The summed E-state index contributed by atoms with van der Waals surface area (Å²) < 4.78 is 61.2. The quantitative estimate of drug-likeness (QED) is 0.188. The summed E-state index contributed by atoms with van der Waals surface area (Å²) in [6.07, 6.45) is 5.33. The van der Waals surface area contributed by atoms with Crippen LogP contribution in [-0.4, -0.2) is 10.1 Å². The molecule has 5 aromatic rings. The predicted octanol–water partition coefficient (Wildman–Crippen LogP) is 8.03. The van der Waals surface area contributed by atoms with Crippen molar-refractivity contribution < 1.29 is 26.7 Å². The van der Waals surface area contributed by atoms with Crippen LogP contribution in [0.5, 0.6) is 0 Å². The van der Waals surface area contributed by atoms with Gasteiger partial charge in [-0.2, -0.15) is 17.7 Å². The first-order valence-electron chi connectivity index (χ1n) is 12.8. The monoisotopic (exact) mass is 520 g/mol. The molecule has 1 aliphatic carbocycles. The molecule has 6 rings (SSSR count). The summed E-state index contributed by atoms with van der Waals surface area (Å²) in [7, 11) is 0. The standard InChI is InChI=1S/C30H25F4N3O/c31-21-11-12-23(25(15-21)30(32,33)34)26-16-22(38-36-26)17-37-14-13-24-27(18-37)35-29(20-9-5-2-6-10-20)28(24)19-7-3-1-4-8-19/h2,5-6,9-16,18-19H,1,3-4,7-8,17H2/p+1. The normalized spacial score (nSPS) is 14.8. The second kappa shape index (κ2) is 9.74. The number of hydrogen-bond acceptors (Lipinski definition) is 2. The number of aromatic nitrogens is 3. The van der Waals surface area contributed by atoms with E-state index in [2.05, 4.69) is 28.3 Å². The maximum Gasteiger partial charge on any atom is 0.417 e. The Kier molecular flexibility index (Phi) is 6.26. The van der Waals surface area contributed by atoms with Gasteiger partial charge < -0.3 is 9.51 Å². The molecule has 194 valence electrons. The number of aromatic amines is 1. The van der Waals surface area contributed by atoms with Crippen LogP contribution < -0.4 is 4.57 Å². The number of nitrogens with one attached hydrogen (secondary N) is 1. The summed E-state index contributed by atoms with van der Waals surface area (Å²) >= 11 is 0. The topological polar surface area (TPSA) is 45.7 Å². The summed E-state index contributed by atoms with van der Waals surface area (Å²) in [6.45, 7) is 0.282. The minimum Gasteiger partial charge on any atom is -0.354 e. The molecule has 0 bridgehead atoms. The molecule has 2 aromatic carbocycles. The number of fused-ring (bicyclic) bond motifs is 1. The molecular weight excluding hydrogens is 494 g/mol. The molecule has 1 aliphatic rings. The Morgan fingerprint density at radius 2 is 1.76 bits per heavy atom. The van der Waals surface area contributed by atoms with Crippen molar-refractivity contribution in [3.63, 3.8) is 0 Å². The van der Waals surface area contributed by atoms with E-state index in [-0.39, 0.29) is 17.8 Å². The van der Waals surface area contributed by atoms with Crippen LogP contribution in [0.1, 0.15) is 54.9 Å². The molecule has 1 N–H and O–H groups in total. The van der Waals surface area contributed by atoms with Crippen LogP contribution in [0.25, 0.3) is 33.4 Å². The average Bonchev–Trinajstić information content (AvgIpc) is 3.54. The van der Waals surface area contributed by atoms with Crippen molar-refractivity contribution in [3.8, 4) is 22.5 Å². The van der Waals surface area contributed by atoms with Gasteiger partial charge in [-0.25, -0.2) is 4.39 Å². The van der Waals surface area contributed by atoms with Crippen molar-refractivity contribution in [2.45, 2.75) is 50.7 Å². The highest BCUT2D eigenvalue weighted by Crippen LogP contribution is 2.42. The molecule has 0 unspecified atom stereocenters. The van der Waals surface area contributed by atoms with Crippen molar-refractivity contribution in [2.24, 2.45) is 0 Å². The SMILES string of the molecule is Fc1ccc(-c2cc(C[n+]3ccc4c(C5CCCCC5)c(-c5ccccc5)[nH]c4c3)on2)c(C(F)(F)F)c1. The minimum absolute atomic E-state index is 0.0137. The summed E-state index contributed by atoms with van der Waals surface area (Å²) in [4.78, 5) is 3.64. The lowest BCUT2D eigenvalue weighted by atomic mass is 9.82. The molecule has 0 amide bonds. The Balaban J connectivity index is 1.34. The summed E-state index contributed by atoms with van der Waals surface area (Å²) in [5.41, 5.74) is 3.35. The van der Waals surface area contributed by atoms with Crippen LogP contribution in [0.15, 0.2) is 77.6 Å². The minimum atomic E-state index is -4.71.